The van der Waals surface area contributed by atoms with Gasteiger partial charge in [-0.2, -0.15) is 9.98 Å². The Morgan fingerprint density at radius 2 is 0.779 bits per heavy atom. The Morgan fingerprint density at radius 1 is 0.412 bits per heavy atom. The van der Waals surface area contributed by atoms with Crippen LogP contribution in [0.3, 0.4) is 0 Å². The zero-order valence-corrected chi connectivity index (χ0v) is 38.7. The van der Waals surface area contributed by atoms with E-state index in [1.165, 1.54) is 34.4 Å². The van der Waals surface area contributed by atoms with E-state index in [1.807, 2.05) is 74.5 Å². The number of rotatable bonds is 9. The van der Waals surface area contributed by atoms with Crippen molar-refractivity contribution >= 4 is 55.9 Å². The second kappa shape index (κ2) is 31.9. The van der Waals surface area contributed by atoms with Gasteiger partial charge in [0.1, 0.15) is 17.2 Å². The van der Waals surface area contributed by atoms with Crippen molar-refractivity contribution < 1.29 is 23.8 Å². The number of ether oxygens (including phenoxy) is 3. The Balaban J connectivity index is 0.000000292. The minimum Gasteiger partial charge on any atom is -0.388 e. The van der Waals surface area contributed by atoms with Gasteiger partial charge in [0.2, 0.25) is 12.2 Å². The summed E-state index contributed by atoms with van der Waals surface area (Å²) in [5.41, 5.74) is 6.76. The summed E-state index contributed by atoms with van der Waals surface area (Å²) in [6, 6.07) is 52.1. The Kier molecular flexibility index (Phi) is 26.0. The van der Waals surface area contributed by atoms with Crippen molar-refractivity contribution in [1.82, 2.24) is 0 Å². The van der Waals surface area contributed by atoms with Crippen molar-refractivity contribution in [3.8, 4) is 36.0 Å². The van der Waals surface area contributed by atoms with Crippen molar-refractivity contribution in [2.75, 3.05) is 0 Å². The molecule has 0 aliphatic rings. The first-order valence-corrected chi connectivity index (χ1v) is 21.9. The summed E-state index contributed by atoms with van der Waals surface area (Å²) >= 11 is 0. The fourth-order valence-corrected chi connectivity index (χ4v) is 6.26. The summed E-state index contributed by atoms with van der Waals surface area (Å²) in [5, 5.41) is 30.9. The maximum Gasteiger partial charge on any atom is 0.292 e. The van der Waals surface area contributed by atoms with Gasteiger partial charge in [-0.3, -0.25) is 0 Å². The standard InChI is InChI=1S/2C12H6N2O2.C11H7NO.2C10H14.C2H6.CH4/c2*13-7-16-12-4-2-9-1-3-11(14-8-15)5-10(9)6-12;12-8-13-11-7-3-5-9-4-1-2-6-10(9)11;2*1-3-9-5-7-10(4-2)8-6-9;1-2;/h2*1-6H;1-7H;2*5-8H,3-4H2,1-2H3;1-2H3;1H4. The highest BCUT2D eigenvalue weighted by molar-refractivity contribution is 5.89. The number of hydrogen-bond donors (Lipinski definition) is 0. The van der Waals surface area contributed by atoms with Crippen molar-refractivity contribution in [3.05, 3.63) is 186 Å². The lowest BCUT2D eigenvalue weighted by atomic mass is 10.1. The summed E-state index contributed by atoms with van der Waals surface area (Å²) in [7, 11) is 0. The van der Waals surface area contributed by atoms with Crippen LogP contribution in [-0.4, -0.2) is 12.2 Å². The predicted octanol–water partition coefficient (Wildman–Crippen LogP) is 15.3. The molecular formula is C58H57N5O5. The molecule has 0 spiro atoms. The Bertz CT molecular complexity index is 2800. The number of fused-ring (bicyclic) bond motifs is 3. The monoisotopic (exact) mass is 903 g/mol. The van der Waals surface area contributed by atoms with E-state index in [9.17, 15) is 9.59 Å². The average molecular weight is 904 g/mol. The van der Waals surface area contributed by atoms with Crippen molar-refractivity contribution in [1.29, 1.82) is 15.8 Å². The molecule has 10 nitrogen and oxygen atoms in total. The van der Waals surface area contributed by atoms with Crippen LogP contribution in [-0.2, 0) is 35.3 Å². The van der Waals surface area contributed by atoms with Gasteiger partial charge in [-0.25, -0.2) is 9.59 Å². The SMILES string of the molecule is C.CC.CCc1ccc(CC)cc1.CCc1ccc(CC)cc1.N#COc1ccc2ccc(N=C=O)cc2c1.N#COc1ccc2ccc(N=C=O)cc2c1.N#COc1cccc2ccccc12. The fraction of sp³-hybridized carbons (Fsp3) is 0.190. The molecule has 10 heteroatoms. The Hall–Kier alpha value is -8.83. The van der Waals surface area contributed by atoms with E-state index in [-0.39, 0.29) is 7.43 Å². The molecule has 8 aromatic rings. The molecule has 0 amide bonds. The Labute approximate surface area is 400 Å². The van der Waals surface area contributed by atoms with E-state index in [4.69, 9.17) is 30.0 Å². The Morgan fingerprint density at radius 3 is 1.15 bits per heavy atom. The van der Waals surface area contributed by atoms with Crippen molar-refractivity contribution in [2.24, 2.45) is 9.98 Å². The van der Waals surface area contributed by atoms with Crippen LogP contribution >= 0.6 is 0 Å². The molecule has 0 aromatic heterocycles. The van der Waals surface area contributed by atoms with Gasteiger partial charge < -0.3 is 14.2 Å². The maximum atomic E-state index is 10.1. The number of aliphatic imine (C=N–C) groups is 2. The molecule has 0 saturated carbocycles. The van der Waals surface area contributed by atoms with Crippen LogP contribution in [0.2, 0.25) is 0 Å². The van der Waals surface area contributed by atoms with Gasteiger partial charge in [-0.15, -0.1) is 15.8 Å². The van der Waals surface area contributed by atoms with Crippen LogP contribution < -0.4 is 14.2 Å². The second-order valence-electron chi connectivity index (χ2n) is 13.9. The van der Waals surface area contributed by atoms with Crippen LogP contribution in [0.25, 0.3) is 32.3 Å². The molecule has 0 bridgehead atoms. The summed E-state index contributed by atoms with van der Waals surface area (Å²) in [5.74, 6) is 1.53. The number of aryl methyl sites for hydroxylation is 4. The smallest absolute Gasteiger partial charge is 0.292 e. The van der Waals surface area contributed by atoms with E-state index in [2.05, 4.69) is 86.2 Å². The van der Waals surface area contributed by atoms with Crippen LogP contribution in [0.15, 0.2) is 174 Å². The highest BCUT2D eigenvalue weighted by Gasteiger charge is 2.02. The highest BCUT2D eigenvalue weighted by atomic mass is 16.5. The van der Waals surface area contributed by atoms with Crippen LogP contribution in [0, 0.1) is 34.6 Å². The molecule has 8 rings (SSSR count). The van der Waals surface area contributed by atoms with Crippen LogP contribution in [0.1, 0.15) is 71.2 Å². The largest absolute Gasteiger partial charge is 0.388 e. The molecule has 344 valence electrons. The summed E-state index contributed by atoms with van der Waals surface area (Å²) in [4.78, 5) is 27.3. The number of isocyanates is 2. The molecule has 68 heavy (non-hydrogen) atoms. The van der Waals surface area contributed by atoms with Gasteiger partial charge in [0, 0.05) is 5.39 Å². The second-order valence-corrected chi connectivity index (χ2v) is 13.9. The zero-order valence-electron chi connectivity index (χ0n) is 38.7. The summed E-state index contributed by atoms with van der Waals surface area (Å²) in [6.07, 6.45) is 12.4. The number of nitriles is 3. The maximum absolute atomic E-state index is 10.1. The van der Waals surface area contributed by atoms with Crippen LogP contribution in [0.5, 0.6) is 17.2 Å². The molecule has 0 saturated heterocycles. The summed E-state index contributed by atoms with van der Waals surface area (Å²) in [6.45, 7) is 12.7. The van der Waals surface area contributed by atoms with Crippen molar-refractivity contribution in [3.63, 3.8) is 0 Å². The quantitative estimate of drug-likeness (QED) is 0.0786. The van der Waals surface area contributed by atoms with E-state index < -0.39 is 0 Å². The number of hydrogen-bond acceptors (Lipinski definition) is 10. The fourth-order valence-electron chi connectivity index (χ4n) is 6.26. The third kappa shape index (κ3) is 18.3. The van der Waals surface area contributed by atoms with Gasteiger partial charge in [0.25, 0.3) is 18.8 Å². The lowest BCUT2D eigenvalue weighted by Crippen LogP contribution is -1.82. The third-order valence-corrected chi connectivity index (χ3v) is 9.85. The van der Waals surface area contributed by atoms with E-state index in [0.29, 0.717) is 28.6 Å². The topological polar surface area (TPSA) is 158 Å². The summed E-state index contributed by atoms with van der Waals surface area (Å²) < 4.78 is 14.2. The predicted molar refractivity (Wildman–Crippen MR) is 275 cm³/mol. The first-order valence-electron chi connectivity index (χ1n) is 21.9. The zero-order chi connectivity index (χ0) is 48.7. The average Bonchev–Trinajstić information content (AvgIpc) is 3.38. The molecule has 0 atom stereocenters. The third-order valence-electron chi connectivity index (χ3n) is 9.85. The number of benzene rings is 8. The van der Waals surface area contributed by atoms with Gasteiger partial charge in [-0.05, 0) is 129 Å². The van der Waals surface area contributed by atoms with E-state index in [1.54, 1.807) is 73.4 Å². The minimum atomic E-state index is 0. The van der Waals surface area contributed by atoms with Crippen molar-refractivity contribution in [2.45, 2.75) is 74.7 Å². The molecule has 8 aromatic carbocycles. The minimum absolute atomic E-state index is 0. The molecule has 0 heterocycles. The lowest BCUT2D eigenvalue weighted by molar-refractivity contribution is 0.508. The number of carbonyl (C=O) groups excluding carboxylic acids is 2. The first-order chi connectivity index (χ1) is 32.8. The number of nitrogens with zero attached hydrogens (tertiary/aromatic N) is 5. The van der Waals surface area contributed by atoms with Gasteiger partial charge >= 0.3 is 0 Å². The lowest BCUT2D eigenvalue weighted by Gasteiger charge is -2.00. The molecule has 0 aliphatic carbocycles. The molecule has 0 fully saturated rings. The van der Waals surface area contributed by atoms with Gasteiger partial charge in [0.05, 0.1) is 11.4 Å². The molecule has 0 radical (unpaired) electrons. The van der Waals surface area contributed by atoms with Gasteiger partial charge in [-0.1, -0.05) is 158 Å². The van der Waals surface area contributed by atoms with Gasteiger partial charge in [0.15, 0.2) is 0 Å². The van der Waals surface area contributed by atoms with E-state index >= 15 is 0 Å². The molecule has 0 unspecified atom stereocenters. The molecular weight excluding hydrogens is 847 g/mol. The highest BCUT2D eigenvalue weighted by Crippen LogP contribution is 2.27. The molecule has 0 aliphatic heterocycles. The molecule has 0 N–H and O–H groups in total. The normalized spacial score (nSPS) is 9.10. The van der Waals surface area contributed by atoms with Crippen LogP contribution in [0.4, 0.5) is 11.4 Å². The van der Waals surface area contributed by atoms with E-state index in [0.717, 1.165) is 58.0 Å². The first kappa shape index (κ1) is 55.3.